The molecule has 6 heteroatoms. The van der Waals surface area contributed by atoms with Gasteiger partial charge in [0.25, 0.3) is 5.91 Å². The number of benzene rings is 3. The van der Waals surface area contributed by atoms with Gasteiger partial charge in [0.15, 0.2) is 0 Å². The Kier molecular flexibility index (Phi) is 8.57. The zero-order chi connectivity index (χ0) is 25.6. The molecule has 1 aliphatic heterocycles. The maximum atomic E-state index is 11.4. The van der Waals surface area contributed by atoms with Crippen LogP contribution in [-0.4, -0.2) is 48.2 Å². The van der Waals surface area contributed by atoms with Crippen molar-refractivity contribution in [2.45, 2.75) is 44.1 Å². The number of likely N-dealkylation sites (tertiary alicyclic amines) is 1. The SMILES string of the molecule is O=C(NO)c1ccc(CCCN2CCC(CNC3CC3c3ccc(-c4ccc(Cl)cc4)cc3)CC2)cc1. The van der Waals surface area contributed by atoms with Crippen molar-refractivity contribution in [3.8, 4) is 11.1 Å². The van der Waals surface area contributed by atoms with Crippen LogP contribution in [0.1, 0.15) is 53.1 Å². The van der Waals surface area contributed by atoms with Crippen molar-refractivity contribution in [3.63, 3.8) is 0 Å². The van der Waals surface area contributed by atoms with E-state index >= 15 is 0 Å². The number of hydroxylamine groups is 1. The summed E-state index contributed by atoms with van der Waals surface area (Å²) >= 11 is 6.02. The average molecular weight is 518 g/mol. The fourth-order valence-electron chi connectivity index (χ4n) is 5.48. The Bertz CT molecular complexity index is 1160. The molecule has 194 valence electrons. The third kappa shape index (κ3) is 6.99. The van der Waals surface area contributed by atoms with E-state index in [0.717, 1.165) is 36.9 Å². The van der Waals surface area contributed by atoms with Gasteiger partial charge in [-0.3, -0.25) is 10.0 Å². The molecule has 2 unspecified atom stereocenters. The number of aryl methyl sites for hydroxylation is 1. The van der Waals surface area contributed by atoms with E-state index in [9.17, 15) is 4.79 Å². The highest BCUT2D eigenvalue weighted by molar-refractivity contribution is 6.30. The minimum atomic E-state index is -0.468. The standard InChI is InChI=1S/C31H36ClN3O2/c32-28-13-11-25(12-14-28)24-7-9-26(10-8-24)29-20-30(29)33-21-23-15-18-35(19-16-23)17-1-2-22-3-5-27(6-4-22)31(36)34-37/h3-14,23,29-30,33,37H,1-2,15-21H2,(H,34,36). The summed E-state index contributed by atoms with van der Waals surface area (Å²) in [5.74, 6) is 0.950. The van der Waals surface area contributed by atoms with Crippen molar-refractivity contribution >= 4 is 17.5 Å². The van der Waals surface area contributed by atoms with Gasteiger partial charge >= 0.3 is 0 Å². The molecule has 0 bridgehead atoms. The van der Waals surface area contributed by atoms with Crippen LogP contribution in [0.5, 0.6) is 0 Å². The Morgan fingerprint density at radius 2 is 1.57 bits per heavy atom. The van der Waals surface area contributed by atoms with Gasteiger partial charge in [-0.2, -0.15) is 0 Å². The number of piperidine rings is 1. The Morgan fingerprint density at radius 3 is 2.22 bits per heavy atom. The van der Waals surface area contributed by atoms with Crippen LogP contribution in [0.2, 0.25) is 5.02 Å². The maximum Gasteiger partial charge on any atom is 0.274 e. The molecule has 2 atom stereocenters. The Labute approximate surface area is 224 Å². The van der Waals surface area contributed by atoms with Crippen LogP contribution in [-0.2, 0) is 6.42 Å². The molecule has 2 aliphatic rings. The lowest BCUT2D eigenvalue weighted by molar-refractivity contribution is 0.0706. The summed E-state index contributed by atoms with van der Waals surface area (Å²) in [5.41, 5.74) is 7.26. The van der Waals surface area contributed by atoms with Gasteiger partial charge in [-0.15, -0.1) is 0 Å². The van der Waals surface area contributed by atoms with Crippen LogP contribution >= 0.6 is 11.6 Å². The minimum absolute atomic E-state index is 0.468. The lowest BCUT2D eigenvalue weighted by Gasteiger charge is -2.32. The Hall–Kier alpha value is -2.70. The summed E-state index contributed by atoms with van der Waals surface area (Å²) in [5, 5.41) is 13.3. The predicted molar refractivity (Wildman–Crippen MR) is 149 cm³/mol. The number of nitrogens with one attached hydrogen (secondary N) is 2. The molecule has 0 radical (unpaired) electrons. The summed E-state index contributed by atoms with van der Waals surface area (Å²) in [6.45, 7) is 4.62. The zero-order valence-electron chi connectivity index (χ0n) is 21.2. The molecule has 1 amide bonds. The highest BCUT2D eigenvalue weighted by Crippen LogP contribution is 2.41. The van der Waals surface area contributed by atoms with Crippen LogP contribution in [0.3, 0.4) is 0 Å². The first-order valence-electron chi connectivity index (χ1n) is 13.4. The van der Waals surface area contributed by atoms with Gasteiger partial charge in [-0.25, -0.2) is 5.48 Å². The summed E-state index contributed by atoms with van der Waals surface area (Å²) < 4.78 is 0. The van der Waals surface area contributed by atoms with Crippen LogP contribution in [0.4, 0.5) is 0 Å². The Balaban J connectivity index is 0.976. The third-order valence-corrected chi connectivity index (χ3v) is 8.19. The van der Waals surface area contributed by atoms with Crippen LogP contribution in [0.25, 0.3) is 11.1 Å². The molecule has 5 nitrogen and oxygen atoms in total. The van der Waals surface area contributed by atoms with E-state index < -0.39 is 5.91 Å². The van der Waals surface area contributed by atoms with Crippen molar-refractivity contribution in [3.05, 3.63) is 94.5 Å². The molecule has 3 N–H and O–H groups in total. The second kappa shape index (κ2) is 12.2. The van der Waals surface area contributed by atoms with Crippen LogP contribution in [0.15, 0.2) is 72.8 Å². The van der Waals surface area contributed by atoms with Crippen molar-refractivity contribution < 1.29 is 10.0 Å². The summed E-state index contributed by atoms with van der Waals surface area (Å²) in [6.07, 6.45) is 5.91. The van der Waals surface area contributed by atoms with Crippen LogP contribution < -0.4 is 10.8 Å². The van der Waals surface area contributed by atoms with E-state index in [2.05, 4.69) is 46.6 Å². The molecule has 0 aromatic heterocycles. The van der Waals surface area contributed by atoms with Gasteiger partial charge in [-0.05, 0) is 111 Å². The maximum absolute atomic E-state index is 11.4. The number of rotatable bonds is 10. The molecular formula is C31H36ClN3O2. The largest absolute Gasteiger partial charge is 0.313 e. The van der Waals surface area contributed by atoms with E-state index in [1.165, 1.54) is 54.6 Å². The molecule has 1 saturated heterocycles. The molecule has 1 aliphatic carbocycles. The van der Waals surface area contributed by atoms with E-state index in [0.29, 0.717) is 17.5 Å². The number of hydrogen-bond donors (Lipinski definition) is 3. The van der Waals surface area contributed by atoms with E-state index in [4.69, 9.17) is 16.8 Å². The monoisotopic (exact) mass is 517 g/mol. The van der Waals surface area contributed by atoms with Gasteiger partial charge in [0.05, 0.1) is 0 Å². The minimum Gasteiger partial charge on any atom is -0.313 e. The van der Waals surface area contributed by atoms with Crippen molar-refractivity contribution in [2.75, 3.05) is 26.2 Å². The van der Waals surface area contributed by atoms with Gasteiger partial charge in [0, 0.05) is 22.5 Å². The van der Waals surface area contributed by atoms with Gasteiger partial charge in [0.1, 0.15) is 0 Å². The van der Waals surface area contributed by atoms with Gasteiger partial charge in [0.2, 0.25) is 0 Å². The Morgan fingerprint density at radius 1 is 0.919 bits per heavy atom. The molecule has 3 aromatic rings. The van der Waals surface area contributed by atoms with E-state index in [-0.39, 0.29) is 0 Å². The number of carbonyl (C=O) groups excluding carboxylic acids is 1. The first-order chi connectivity index (χ1) is 18.1. The highest BCUT2D eigenvalue weighted by Gasteiger charge is 2.38. The molecule has 1 saturated carbocycles. The quantitative estimate of drug-likeness (QED) is 0.231. The summed E-state index contributed by atoms with van der Waals surface area (Å²) in [6, 6.07) is 25.2. The molecule has 37 heavy (non-hydrogen) atoms. The molecule has 1 heterocycles. The lowest BCUT2D eigenvalue weighted by atomic mass is 9.96. The number of halogens is 1. The van der Waals surface area contributed by atoms with Gasteiger partial charge in [-0.1, -0.05) is 60.1 Å². The second-order valence-electron chi connectivity index (χ2n) is 10.5. The first kappa shape index (κ1) is 25.9. The number of nitrogens with zero attached hydrogens (tertiary/aromatic N) is 1. The first-order valence-corrected chi connectivity index (χ1v) is 13.8. The molecule has 5 rings (SSSR count). The van der Waals surface area contributed by atoms with E-state index in [1.54, 1.807) is 17.6 Å². The molecule has 3 aromatic carbocycles. The van der Waals surface area contributed by atoms with E-state index in [1.807, 2.05) is 24.3 Å². The highest BCUT2D eigenvalue weighted by atomic mass is 35.5. The lowest BCUT2D eigenvalue weighted by Crippen LogP contribution is -2.38. The number of amides is 1. The smallest absolute Gasteiger partial charge is 0.274 e. The number of carbonyl (C=O) groups is 1. The van der Waals surface area contributed by atoms with Crippen molar-refractivity contribution in [1.29, 1.82) is 0 Å². The normalized spacial score (nSPS) is 20.1. The van der Waals surface area contributed by atoms with Gasteiger partial charge < -0.3 is 10.2 Å². The van der Waals surface area contributed by atoms with Crippen molar-refractivity contribution in [1.82, 2.24) is 15.7 Å². The predicted octanol–water partition coefficient (Wildman–Crippen LogP) is 5.92. The summed E-state index contributed by atoms with van der Waals surface area (Å²) in [4.78, 5) is 14.0. The second-order valence-corrected chi connectivity index (χ2v) is 10.9. The third-order valence-electron chi connectivity index (χ3n) is 7.94. The number of hydrogen-bond acceptors (Lipinski definition) is 4. The molecular weight excluding hydrogens is 482 g/mol. The van der Waals surface area contributed by atoms with Crippen LogP contribution in [0, 0.1) is 5.92 Å². The molecule has 0 spiro atoms. The fraction of sp³-hybridized carbons (Fsp3) is 0.387. The van der Waals surface area contributed by atoms with Crippen molar-refractivity contribution in [2.24, 2.45) is 5.92 Å². The topological polar surface area (TPSA) is 64.6 Å². The zero-order valence-corrected chi connectivity index (χ0v) is 22.0. The summed E-state index contributed by atoms with van der Waals surface area (Å²) in [7, 11) is 0. The fourth-order valence-corrected chi connectivity index (χ4v) is 5.61. The average Bonchev–Trinajstić information content (AvgIpc) is 3.73. The molecule has 2 fully saturated rings.